The van der Waals surface area contributed by atoms with Gasteiger partial charge in [-0.25, -0.2) is 0 Å². The monoisotopic (exact) mass is 363 g/mol. The van der Waals surface area contributed by atoms with E-state index in [1.54, 1.807) is 4.90 Å². The first-order chi connectivity index (χ1) is 12.3. The van der Waals surface area contributed by atoms with Gasteiger partial charge in [-0.1, -0.05) is 20.8 Å². The third-order valence-corrected chi connectivity index (χ3v) is 6.31. The molecule has 1 atom stereocenters. The first kappa shape index (κ1) is 19.7. The maximum Gasteiger partial charge on any atom is 0.242 e. The molecule has 0 radical (unpaired) electrons. The Kier molecular flexibility index (Phi) is 6.26. The zero-order chi connectivity index (χ0) is 18.7. The number of nitrogens with zero attached hydrogens (tertiary/aromatic N) is 3. The summed E-state index contributed by atoms with van der Waals surface area (Å²) in [6.45, 7) is 13.4. The highest BCUT2D eigenvalue weighted by Gasteiger charge is 2.34. The molecule has 0 aromatic carbocycles. The maximum absolute atomic E-state index is 12.6. The highest BCUT2D eigenvalue weighted by molar-refractivity contribution is 5.85. The smallest absolute Gasteiger partial charge is 0.242 e. The van der Waals surface area contributed by atoms with E-state index in [0.29, 0.717) is 18.4 Å². The third kappa shape index (κ3) is 5.21. The lowest BCUT2D eigenvalue weighted by molar-refractivity contribution is -0.142. The summed E-state index contributed by atoms with van der Waals surface area (Å²) in [6.07, 6.45) is 6.21. The largest absolute Gasteiger partial charge is 0.341 e. The molecule has 0 N–H and O–H groups in total. The van der Waals surface area contributed by atoms with Crippen LogP contribution in [0.25, 0.3) is 0 Å². The van der Waals surface area contributed by atoms with Gasteiger partial charge in [-0.3, -0.25) is 9.59 Å². The van der Waals surface area contributed by atoms with Gasteiger partial charge in [0.1, 0.15) is 0 Å². The number of amides is 2. The number of likely N-dealkylation sites (tertiary alicyclic amines) is 3. The summed E-state index contributed by atoms with van der Waals surface area (Å²) < 4.78 is 0. The fraction of sp³-hybridized carbons (Fsp3) is 0.905. The Labute approximate surface area is 159 Å². The molecule has 3 heterocycles. The Morgan fingerprint density at radius 3 is 2.35 bits per heavy atom. The van der Waals surface area contributed by atoms with Crippen LogP contribution in [0.5, 0.6) is 0 Å². The fourth-order valence-electron chi connectivity index (χ4n) is 4.97. The first-order valence-electron chi connectivity index (χ1n) is 10.6. The van der Waals surface area contributed by atoms with Crippen molar-refractivity contribution in [2.24, 2.45) is 17.3 Å². The summed E-state index contributed by atoms with van der Waals surface area (Å²) in [6, 6.07) is 0. The average molecular weight is 364 g/mol. The van der Waals surface area contributed by atoms with E-state index in [1.807, 2.05) is 4.90 Å². The predicted octanol–water partition coefficient (Wildman–Crippen LogP) is 2.61. The predicted molar refractivity (Wildman–Crippen MR) is 104 cm³/mol. The second-order valence-corrected chi connectivity index (χ2v) is 9.84. The molecule has 5 nitrogen and oxygen atoms in total. The van der Waals surface area contributed by atoms with E-state index in [-0.39, 0.29) is 11.8 Å². The van der Waals surface area contributed by atoms with E-state index >= 15 is 0 Å². The zero-order valence-corrected chi connectivity index (χ0v) is 17.0. The average Bonchev–Trinajstić information content (AvgIpc) is 3.03. The van der Waals surface area contributed by atoms with Gasteiger partial charge in [0.05, 0.1) is 6.54 Å². The van der Waals surface area contributed by atoms with E-state index < -0.39 is 0 Å². The number of carbonyl (C=O) groups excluding carboxylic acids is 2. The Hall–Kier alpha value is -1.10. The standard InChI is InChI=1S/C21H37N3O2/c1-21(2,3)16-22-11-7-18(14-22)17-8-12-23(13-9-17)20(26)15-24-10-5-4-6-19(24)25/h17-18H,4-16H2,1-3H3. The second kappa shape index (κ2) is 8.28. The van der Waals surface area contributed by atoms with Crippen molar-refractivity contribution in [1.29, 1.82) is 0 Å². The van der Waals surface area contributed by atoms with Crippen LogP contribution >= 0.6 is 0 Å². The molecule has 1 unspecified atom stereocenters. The molecule has 26 heavy (non-hydrogen) atoms. The van der Waals surface area contributed by atoms with Crippen LogP contribution in [0.1, 0.15) is 59.3 Å². The van der Waals surface area contributed by atoms with Crippen LogP contribution in [0.15, 0.2) is 0 Å². The van der Waals surface area contributed by atoms with Gasteiger partial charge in [0, 0.05) is 39.1 Å². The number of hydrogen-bond donors (Lipinski definition) is 0. The maximum atomic E-state index is 12.6. The summed E-state index contributed by atoms with van der Waals surface area (Å²) in [7, 11) is 0. The van der Waals surface area contributed by atoms with Gasteiger partial charge < -0.3 is 14.7 Å². The van der Waals surface area contributed by atoms with Crippen LogP contribution in [-0.4, -0.2) is 72.3 Å². The van der Waals surface area contributed by atoms with Crippen LogP contribution in [0.2, 0.25) is 0 Å². The molecule has 3 aliphatic heterocycles. The van der Waals surface area contributed by atoms with Crippen molar-refractivity contribution in [2.75, 3.05) is 45.8 Å². The molecule has 148 valence electrons. The topological polar surface area (TPSA) is 43.9 Å². The van der Waals surface area contributed by atoms with Crippen molar-refractivity contribution >= 4 is 11.8 Å². The van der Waals surface area contributed by atoms with Crippen molar-refractivity contribution in [2.45, 2.75) is 59.3 Å². The summed E-state index contributed by atoms with van der Waals surface area (Å²) in [5.74, 6) is 1.88. The highest BCUT2D eigenvalue weighted by atomic mass is 16.2. The molecule has 3 aliphatic rings. The van der Waals surface area contributed by atoms with Crippen molar-refractivity contribution in [3.05, 3.63) is 0 Å². The molecule has 0 saturated carbocycles. The molecular weight excluding hydrogens is 326 g/mol. The molecule has 2 amide bonds. The second-order valence-electron chi connectivity index (χ2n) is 9.84. The van der Waals surface area contributed by atoms with Gasteiger partial charge in [0.2, 0.25) is 11.8 Å². The quantitative estimate of drug-likeness (QED) is 0.771. The molecule has 0 spiro atoms. The minimum atomic E-state index is 0.152. The summed E-state index contributed by atoms with van der Waals surface area (Å²) in [4.78, 5) is 30.9. The normalized spacial score (nSPS) is 26.6. The summed E-state index contributed by atoms with van der Waals surface area (Å²) >= 11 is 0. The lowest BCUT2D eigenvalue weighted by Crippen LogP contribution is -2.47. The van der Waals surface area contributed by atoms with Gasteiger partial charge in [0.15, 0.2) is 0 Å². The van der Waals surface area contributed by atoms with E-state index in [9.17, 15) is 9.59 Å². The van der Waals surface area contributed by atoms with Gasteiger partial charge in [-0.2, -0.15) is 0 Å². The first-order valence-corrected chi connectivity index (χ1v) is 10.6. The van der Waals surface area contributed by atoms with Crippen molar-refractivity contribution < 1.29 is 9.59 Å². The molecule has 0 aliphatic carbocycles. The van der Waals surface area contributed by atoms with Crippen LogP contribution in [-0.2, 0) is 9.59 Å². The number of piperidine rings is 2. The minimum Gasteiger partial charge on any atom is -0.341 e. The van der Waals surface area contributed by atoms with E-state index in [4.69, 9.17) is 0 Å². The lowest BCUT2D eigenvalue weighted by atomic mass is 9.83. The Balaban J connectivity index is 1.41. The zero-order valence-electron chi connectivity index (χ0n) is 17.0. The molecule has 0 aromatic heterocycles. The van der Waals surface area contributed by atoms with Gasteiger partial charge in [-0.05, 0) is 55.9 Å². The SMILES string of the molecule is CC(C)(C)CN1CCC(C2CCN(C(=O)CN3CCCCC3=O)CC2)C1. The van der Waals surface area contributed by atoms with Gasteiger partial charge >= 0.3 is 0 Å². The van der Waals surface area contributed by atoms with Crippen LogP contribution in [0.3, 0.4) is 0 Å². The number of carbonyl (C=O) groups is 2. The van der Waals surface area contributed by atoms with E-state index in [0.717, 1.165) is 57.2 Å². The van der Waals surface area contributed by atoms with E-state index in [1.165, 1.54) is 26.1 Å². The lowest BCUT2D eigenvalue weighted by Gasteiger charge is -2.36. The molecule has 3 saturated heterocycles. The summed E-state index contributed by atoms with van der Waals surface area (Å²) in [5.41, 5.74) is 0.372. The Bertz CT molecular complexity index is 506. The van der Waals surface area contributed by atoms with Crippen molar-refractivity contribution in [1.82, 2.24) is 14.7 Å². The molecule has 0 aromatic rings. The highest BCUT2D eigenvalue weighted by Crippen LogP contribution is 2.33. The number of hydrogen-bond acceptors (Lipinski definition) is 3. The fourth-order valence-corrected chi connectivity index (χ4v) is 4.97. The van der Waals surface area contributed by atoms with E-state index in [2.05, 4.69) is 25.7 Å². The summed E-state index contributed by atoms with van der Waals surface area (Å²) in [5, 5.41) is 0. The Morgan fingerprint density at radius 1 is 1.00 bits per heavy atom. The van der Waals surface area contributed by atoms with Crippen LogP contribution in [0.4, 0.5) is 0 Å². The van der Waals surface area contributed by atoms with Crippen LogP contribution in [0, 0.1) is 17.3 Å². The van der Waals surface area contributed by atoms with Crippen molar-refractivity contribution in [3.63, 3.8) is 0 Å². The Morgan fingerprint density at radius 2 is 1.69 bits per heavy atom. The third-order valence-electron chi connectivity index (χ3n) is 6.31. The van der Waals surface area contributed by atoms with Gasteiger partial charge in [-0.15, -0.1) is 0 Å². The minimum absolute atomic E-state index is 0.152. The number of rotatable bonds is 4. The van der Waals surface area contributed by atoms with Crippen molar-refractivity contribution in [3.8, 4) is 0 Å². The molecule has 3 rings (SSSR count). The molecule has 3 fully saturated rings. The van der Waals surface area contributed by atoms with Crippen LogP contribution < -0.4 is 0 Å². The molecule has 5 heteroatoms. The van der Waals surface area contributed by atoms with Gasteiger partial charge in [0.25, 0.3) is 0 Å². The molecule has 0 bridgehead atoms. The molecular formula is C21H37N3O2.